The van der Waals surface area contributed by atoms with Crippen molar-refractivity contribution in [1.82, 2.24) is 9.97 Å². The molecule has 5 nitrogen and oxygen atoms in total. The van der Waals surface area contributed by atoms with Gasteiger partial charge in [0.25, 0.3) is 0 Å². The topological polar surface area (TPSA) is 104 Å². The summed E-state index contributed by atoms with van der Waals surface area (Å²) in [5.41, 5.74) is 18.0. The Kier molecular flexibility index (Phi) is 1.33. The standard InChI is InChI=1S/C7H11N5/c8-4-5(3-1-2-3)11-7(10)12-6(4)9/h3H,1-2,8H2,(H4,9,10,11,12). The van der Waals surface area contributed by atoms with Crippen molar-refractivity contribution in [1.29, 1.82) is 0 Å². The van der Waals surface area contributed by atoms with Crippen LogP contribution >= 0.6 is 0 Å². The molecule has 0 spiro atoms. The normalized spacial score (nSPS) is 16.3. The Morgan fingerprint density at radius 1 is 1.08 bits per heavy atom. The fourth-order valence-electron chi connectivity index (χ4n) is 1.19. The molecule has 1 aliphatic rings. The highest BCUT2D eigenvalue weighted by atomic mass is 15.1. The molecule has 1 aromatic heterocycles. The van der Waals surface area contributed by atoms with E-state index in [1.54, 1.807) is 0 Å². The van der Waals surface area contributed by atoms with E-state index in [2.05, 4.69) is 9.97 Å². The average molecular weight is 165 g/mol. The minimum absolute atomic E-state index is 0.212. The molecule has 0 bridgehead atoms. The highest BCUT2D eigenvalue weighted by molar-refractivity contribution is 5.64. The zero-order valence-corrected chi connectivity index (χ0v) is 6.62. The minimum Gasteiger partial charge on any atom is -0.394 e. The molecule has 1 fully saturated rings. The number of aromatic nitrogens is 2. The largest absolute Gasteiger partial charge is 0.394 e. The van der Waals surface area contributed by atoms with Crippen LogP contribution < -0.4 is 17.2 Å². The van der Waals surface area contributed by atoms with Crippen LogP contribution in [0.2, 0.25) is 0 Å². The van der Waals surface area contributed by atoms with E-state index in [4.69, 9.17) is 17.2 Å². The van der Waals surface area contributed by atoms with Crippen molar-refractivity contribution in [3.63, 3.8) is 0 Å². The van der Waals surface area contributed by atoms with E-state index in [0.717, 1.165) is 18.5 Å². The lowest BCUT2D eigenvalue weighted by Gasteiger charge is -2.05. The van der Waals surface area contributed by atoms with Crippen molar-refractivity contribution in [2.45, 2.75) is 18.8 Å². The van der Waals surface area contributed by atoms with Gasteiger partial charge in [-0.1, -0.05) is 0 Å². The van der Waals surface area contributed by atoms with Crippen LogP contribution in [0.1, 0.15) is 24.5 Å². The number of hydrogen-bond acceptors (Lipinski definition) is 5. The van der Waals surface area contributed by atoms with Gasteiger partial charge in [-0.2, -0.15) is 4.98 Å². The number of nitrogens with two attached hydrogens (primary N) is 3. The summed E-state index contributed by atoms with van der Waals surface area (Å²) in [6.45, 7) is 0. The lowest BCUT2D eigenvalue weighted by Crippen LogP contribution is -2.07. The summed E-state index contributed by atoms with van der Waals surface area (Å²) in [6, 6.07) is 0. The zero-order valence-electron chi connectivity index (χ0n) is 6.62. The van der Waals surface area contributed by atoms with Crippen molar-refractivity contribution < 1.29 is 0 Å². The average Bonchev–Trinajstić information content (AvgIpc) is 2.79. The Labute approximate surface area is 70.0 Å². The molecular formula is C7H11N5. The molecule has 0 aliphatic heterocycles. The Morgan fingerprint density at radius 2 is 1.75 bits per heavy atom. The smallest absolute Gasteiger partial charge is 0.222 e. The van der Waals surface area contributed by atoms with Crippen molar-refractivity contribution in [3.8, 4) is 0 Å². The van der Waals surface area contributed by atoms with Gasteiger partial charge in [0.2, 0.25) is 5.95 Å². The first kappa shape index (κ1) is 7.15. The minimum atomic E-state index is 0.212. The third-order valence-electron chi connectivity index (χ3n) is 1.99. The van der Waals surface area contributed by atoms with E-state index in [1.165, 1.54) is 0 Å². The molecule has 0 amide bonds. The number of nitrogen functional groups attached to an aromatic ring is 3. The summed E-state index contributed by atoms with van der Waals surface area (Å²) >= 11 is 0. The van der Waals surface area contributed by atoms with Gasteiger partial charge in [-0.25, -0.2) is 4.98 Å². The third kappa shape index (κ3) is 1.03. The summed E-state index contributed by atoms with van der Waals surface area (Å²) in [5.74, 6) is 0.964. The first-order valence-electron chi connectivity index (χ1n) is 3.87. The molecule has 6 N–H and O–H groups in total. The highest BCUT2D eigenvalue weighted by Gasteiger charge is 2.28. The molecule has 1 saturated carbocycles. The molecule has 1 aliphatic carbocycles. The van der Waals surface area contributed by atoms with Crippen LogP contribution in [0.25, 0.3) is 0 Å². The van der Waals surface area contributed by atoms with Crippen LogP contribution in [0.3, 0.4) is 0 Å². The van der Waals surface area contributed by atoms with E-state index in [0.29, 0.717) is 17.4 Å². The van der Waals surface area contributed by atoms with E-state index >= 15 is 0 Å². The molecule has 12 heavy (non-hydrogen) atoms. The van der Waals surface area contributed by atoms with Crippen LogP contribution in [-0.2, 0) is 0 Å². The Balaban J connectivity index is 2.51. The molecule has 1 heterocycles. The Hall–Kier alpha value is -1.52. The summed E-state index contributed by atoms with van der Waals surface area (Å²) in [6.07, 6.45) is 2.25. The van der Waals surface area contributed by atoms with Gasteiger partial charge >= 0.3 is 0 Å². The summed E-state index contributed by atoms with van der Waals surface area (Å²) < 4.78 is 0. The van der Waals surface area contributed by atoms with Gasteiger partial charge in [-0.15, -0.1) is 0 Å². The maximum absolute atomic E-state index is 5.69. The summed E-state index contributed by atoms with van der Waals surface area (Å²) in [4.78, 5) is 7.82. The molecule has 1 aromatic rings. The Bertz CT molecular complexity index is 318. The molecule has 5 heteroatoms. The van der Waals surface area contributed by atoms with Crippen molar-refractivity contribution >= 4 is 17.5 Å². The van der Waals surface area contributed by atoms with E-state index in [1.807, 2.05) is 0 Å². The molecule has 64 valence electrons. The van der Waals surface area contributed by atoms with Gasteiger partial charge in [-0.05, 0) is 12.8 Å². The fourth-order valence-corrected chi connectivity index (χ4v) is 1.19. The van der Waals surface area contributed by atoms with Gasteiger partial charge in [0.1, 0.15) is 0 Å². The maximum Gasteiger partial charge on any atom is 0.222 e. The predicted molar refractivity (Wildman–Crippen MR) is 47.2 cm³/mol. The molecule has 0 atom stereocenters. The Morgan fingerprint density at radius 3 is 2.33 bits per heavy atom. The fraction of sp³-hybridized carbons (Fsp3) is 0.429. The lowest BCUT2D eigenvalue weighted by molar-refractivity contribution is 1.01. The quantitative estimate of drug-likeness (QED) is 0.547. The monoisotopic (exact) mass is 165 g/mol. The van der Waals surface area contributed by atoms with Crippen LogP contribution in [0, 0.1) is 0 Å². The highest BCUT2D eigenvalue weighted by Crippen LogP contribution is 2.42. The second-order valence-corrected chi connectivity index (χ2v) is 3.04. The van der Waals surface area contributed by atoms with Gasteiger partial charge in [0.15, 0.2) is 5.82 Å². The number of anilines is 3. The summed E-state index contributed by atoms with van der Waals surface area (Å²) in [5, 5.41) is 0. The SMILES string of the molecule is Nc1nc(N)c(N)c(C2CC2)n1. The van der Waals surface area contributed by atoms with E-state index in [-0.39, 0.29) is 5.95 Å². The maximum atomic E-state index is 5.69. The molecule has 0 aromatic carbocycles. The number of rotatable bonds is 1. The molecule has 0 unspecified atom stereocenters. The van der Waals surface area contributed by atoms with Crippen LogP contribution in [0.4, 0.5) is 17.5 Å². The van der Waals surface area contributed by atoms with Crippen molar-refractivity contribution in [3.05, 3.63) is 5.69 Å². The third-order valence-corrected chi connectivity index (χ3v) is 1.99. The number of hydrogen-bond donors (Lipinski definition) is 3. The van der Waals surface area contributed by atoms with E-state index < -0.39 is 0 Å². The van der Waals surface area contributed by atoms with Gasteiger partial charge < -0.3 is 17.2 Å². The van der Waals surface area contributed by atoms with Crippen LogP contribution in [0.15, 0.2) is 0 Å². The van der Waals surface area contributed by atoms with Gasteiger partial charge in [-0.3, -0.25) is 0 Å². The lowest BCUT2D eigenvalue weighted by atomic mass is 10.2. The zero-order chi connectivity index (χ0) is 8.72. The second kappa shape index (κ2) is 2.23. The van der Waals surface area contributed by atoms with E-state index in [9.17, 15) is 0 Å². The predicted octanol–water partition coefficient (Wildman–Crippen LogP) is 0.101. The molecule has 0 radical (unpaired) electrons. The molecular weight excluding hydrogens is 154 g/mol. The molecule has 0 saturated heterocycles. The second-order valence-electron chi connectivity index (χ2n) is 3.04. The first-order chi connectivity index (χ1) is 5.68. The van der Waals surface area contributed by atoms with Crippen LogP contribution in [-0.4, -0.2) is 9.97 Å². The van der Waals surface area contributed by atoms with Crippen molar-refractivity contribution in [2.75, 3.05) is 17.2 Å². The van der Waals surface area contributed by atoms with Crippen LogP contribution in [0.5, 0.6) is 0 Å². The summed E-state index contributed by atoms with van der Waals surface area (Å²) in [7, 11) is 0. The van der Waals surface area contributed by atoms with Gasteiger partial charge in [0, 0.05) is 5.92 Å². The number of nitrogens with zero attached hydrogens (tertiary/aromatic N) is 2. The molecule has 2 rings (SSSR count). The first-order valence-corrected chi connectivity index (χ1v) is 3.87. The van der Waals surface area contributed by atoms with Crippen molar-refractivity contribution in [2.24, 2.45) is 0 Å². The van der Waals surface area contributed by atoms with Gasteiger partial charge in [0.05, 0.1) is 11.4 Å².